The van der Waals surface area contributed by atoms with E-state index in [2.05, 4.69) is 15.3 Å². The molecule has 0 amide bonds. The van der Waals surface area contributed by atoms with Crippen molar-refractivity contribution in [2.24, 2.45) is 4.99 Å². The first-order valence-electron chi connectivity index (χ1n) is 7.52. The zero-order valence-corrected chi connectivity index (χ0v) is 15.1. The SMILES string of the molecule is COC(=O)C1=C(C)NC(c2ccccn2)=NC1c1cccc(Cl)c1Cl. The average molecular weight is 376 g/mol. The van der Waals surface area contributed by atoms with Crippen LogP contribution in [0, 0.1) is 0 Å². The van der Waals surface area contributed by atoms with E-state index in [0.717, 1.165) is 0 Å². The molecule has 3 rings (SSSR count). The summed E-state index contributed by atoms with van der Waals surface area (Å²) in [5.74, 6) is 0.0710. The van der Waals surface area contributed by atoms with Crippen LogP contribution in [0.3, 0.4) is 0 Å². The smallest absolute Gasteiger partial charge is 0.338 e. The minimum Gasteiger partial charge on any atom is -0.466 e. The van der Waals surface area contributed by atoms with Gasteiger partial charge in [0, 0.05) is 17.5 Å². The summed E-state index contributed by atoms with van der Waals surface area (Å²) < 4.78 is 4.93. The quantitative estimate of drug-likeness (QED) is 0.825. The zero-order chi connectivity index (χ0) is 18.0. The second-order valence-electron chi connectivity index (χ2n) is 5.39. The van der Waals surface area contributed by atoms with E-state index in [-0.39, 0.29) is 0 Å². The van der Waals surface area contributed by atoms with Crippen molar-refractivity contribution in [3.8, 4) is 0 Å². The Labute approximate surface area is 155 Å². The van der Waals surface area contributed by atoms with Gasteiger partial charge in [0.2, 0.25) is 0 Å². The molecule has 1 aromatic carbocycles. The van der Waals surface area contributed by atoms with Crippen molar-refractivity contribution in [2.75, 3.05) is 7.11 Å². The van der Waals surface area contributed by atoms with Crippen LogP contribution in [-0.2, 0) is 9.53 Å². The standard InChI is InChI=1S/C18H15Cl2N3O2/c1-10-14(18(24)25-2)16(11-6-5-7-12(19)15(11)20)23-17(22-10)13-8-3-4-9-21-13/h3-9,16H,1-2H3,(H,22,23). The lowest BCUT2D eigenvalue weighted by Crippen LogP contribution is -2.33. The Kier molecular flexibility index (Phi) is 5.06. The highest BCUT2D eigenvalue weighted by molar-refractivity contribution is 6.42. The number of methoxy groups -OCH3 is 1. The second-order valence-corrected chi connectivity index (χ2v) is 6.18. The van der Waals surface area contributed by atoms with Crippen molar-refractivity contribution in [2.45, 2.75) is 13.0 Å². The largest absolute Gasteiger partial charge is 0.466 e. The molecule has 2 heterocycles. The number of nitrogens with zero attached hydrogens (tertiary/aromatic N) is 2. The maximum absolute atomic E-state index is 12.3. The van der Waals surface area contributed by atoms with Gasteiger partial charge in [-0.3, -0.25) is 9.98 Å². The topological polar surface area (TPSA) is 63.6 Å². The number of hydrogen-bond acceptors (Lipinski definition) is 5. The fraction of sp³-hybridized carbons (Fsp3) is 0.167. The number of pyridine rings is 1. The number of benzene rings is 1. The van der Waals surface area contributed by atoms with E-state index in [4.69, 9.17) is 27.9 Å². The Bertz CT molecular complexity index is 879. The van der Waals surface area contributed by atoms with Gasteiger partial charge in [-0.2, -0.15) is 0 Å². The van der Waals surface area contributed by atoms with Crippen molar-refractivity contribution in [1.29, 1.82) is 0 Å². The van der Waals surface area contributed by atoms with Gasteiger partial charge in [0.1, 0.15) is 11.7 Å². The Morgan fingerprint density at radius 3 is 2.68 bits per heavy atom. The van der Waals surface area contributed by atoms with E-state index < -0.39 is 12.0 Å². The van der Waals surface area contributed by atoms with Gasteiger partial charge in [-0.15, -0.1) is 0 Å². The van der Waals surface area contributed by atoms with Crippen LogP contribution in [0.15, 0.2) is 58.9 Å². The second kappa shape index (κ2) is 7.25. The molecule has 1 atom stereocenters. The van der Waals surface area contributed by atoms with Crippen LogP contribution in [-0.4, -0.2) is 23.9 Å². The Balaban J connectivity index is 2.16. The van der Waals surface area contributed by atoms with Crippen LogP contribution >= 0.6 is 23.2 Å². The lowest BCUT2D eigenvalue weighted by molar-refractivity contribution is -0.136. The Morgan fingerprint density at radius 2 is 2.00 bits per heavy atom. The van der Waals surface area contributed by atoms with Crippen LogP contribution in [0.1, 0.15) is 24.2 Å². The fourth-order valence-electron chi connectivity index (χ4n) is 2.64. The Hall–Kier alpha value is -2.37. The van der Waals surface area contributed by atoms with E-state index >= 15 is 0 Å². The van der Waals surface area contributed by atoms with E-state index in [9.17, 15) is 4.79 Å². The number of carbonyl (C=O) groups excluding carboxylic acids is 1. The van der Waals surface area contributed by atoms with Gasteiger partial charge in [0.15, 0.2) is 5.84 Å². The molecule has 7 heteroatoms. The number of rotatable bonds is 3. The molecular formula is C18H15Cl2N3O2. The molecule has 128 valence electrons. The normalized spacial score (nSPS) is 17.0. The van der Waals surface area contributed by atoms with Gasteiger partial charge < -0.3 is 10.1 Å². The number of amidine groups is 1. The molecule has 1 aliphatic heterocycles. The lowest BCUT2D eigenvalue weighted by Gasteiger charge is -2.26. The van der Waals surface area contributed by atoms with Crippen molar-refractivity contribution in [3.63, 3.8) is 0 Å². The molecule has 0 saturated heterocycles. The van der Waals surface area contributed by atoms with Crippen LogP contribution in [0.2, 0.25) is 10.0 Å². The molecule has 0 saturated carbocycles. The predicted octanol–water partition coefficient (Wildman–Crippen LogP) is 3.93. The number of aromatic nitrogens is 1. The molecule has 1 aliphatic rings. The monoisotopic (exact) mass is 375 g/mol. The third-order valence-corrected chi connectivity index (χ3v) is 4.66. The number of esters is 1. The maximum atomic E-state index is 12.3. The number of hydrogen-bond donors (Lipinski definition) is 1. The summed E-state index contributed by atoms with van der Waals surface area (Å²) in [6.45, 7) is 1.79. The molecule has 0 radical (unpaired) electrons. The summed E-state index contributed by atoms with van der Waals surface area (Å²) in [7, 11) is 1.33. The summed E-state index contributed by atoms with van der Waals surface area (Å²) in [6, 6.07) is 10.1. The van der Waals surface area contributed by atoms with Crippen molar-refractivity contribution in [3.05, 3.63) is 75.2 Å². The number of carbonyl (C=O) groups is 1. The van der Waals surface area contributed by atoms with Gasteiger partial charge in [0.25, 0.3) is 0 Å². The molecular weight excluding hydrogens is 361 g/mol. The molecule has 0 spiro atoms. The van der Waals surface area contributed by atoms with Gasteiger partial charge in [-0.25, -0.2) is 4.79 Å². The number of ether oxygens (including phenoxy) is 1. The number of allylic oxidation sites excluding steroid dienone is 1. The van der Waals surface area contributed by atoms with Gasteiger partial charge in [-0.1, -0.05) is 41.4 Å². The first-order chi connectivity index (χ1) is 12.0. The van der Waals surface area contributed by atoms with Crippen molar-refractivity contribution >= 4 is 35.0 Å². The van der Waals surface area contributed by atoms with Crippen LogP contribution in [0.25, 0.3) is 0 Å². The van der Waals surface area contributed by atoms with E-state index in [1.165, 1.54) is 7.11 Å². The lowest BCUT2D eigenvalue weighted by atomic mass is 9.95. The number of nitrogens with one attached hydrogen (secondary N) is 1. The average Bonchev–Trinajstić information content (AvgIpc) is 2.63. The van der Waals surface area contributed by atoms with Gasteiger partial charge in [-0.05, 0) is 25.1 Å². The molecule has 1 N–H and O–H groups in total. The zero-order valence-electron chi connectivity index (χ0n) is 13.6. The fourth-order valence-corrected chi connectivity index (χ4v) is 3.05. The van der Waals surface area contributed by atoms with Crippen molar-refractivity contribution in [1.82, 2.24) is 10.3 Å². The highest BCUT2D eigenvalue weighted by Gasteiger charge is 2.32. The summed E-state index contributed by atoms with van der Waals surface area (Å²) in [4.78, 5) is 21.3. The van der Waals surface area contributed by atoms with E-state index in [1.54, 1.807) is 31.3 Å². The molecule has 0 fully saturated rings. The summed E-state index contributed by atoms with van der Waals surface area (Å²) >= 11 is 12.5. The van der Waals surface area contributed by atoms with Crippen LogP contribution < -0.4 is 5.32 Å². The van der Waals surface area contributed by atoms with Crippen molar-refractivity contribution < 1.29 is 9.53 Å². The first kappa shape index (κ1) is 17.5. The van der Waals surface area contributed by atoms with Gasteiger partial charge in [0.05, 0.1) is 22.7 Å². The summed E-state index contributed by atoms with van der Waals surface area (Å²) in [5, 5.41) is 3.88. The molecule has 25 heavy (non-hydrogen) atoms. The highest BCUT2D eigenvalue weighted by atomic mass is 35.5. The maximum Gasteiger partial charge on any atom is 0.338 e. The molecule has 1 aromatic heterocycles. The summed E-state index contributed by atoms with van der Waals surface area (Å²) in [5.41, 5.74) is 2.30. The highest BCUT2D eigenvalue weighted by Crippen LogP contribution is 2.38. The summed E-state index contributed by atoms with van der Waals surface area (Å²) in [6.07, 6.45) is 1.68. The Morgan fingerprint density at radius 1 is 1.20 bits per heavy atom. The first-order valence-corrected chi connectivity index (χ1v) is 8.27. The minimum absolute atomic E-state index is 0.356. The van der Waals surface area contributed by atoms with Crippen LogP contribution in [0.4, 0.5) is 0 Å². The van der Waals surface area contributed by atoms with E-state index in [0.29, 0.717) is 38.4 Å². The molecule has 1 unspecified atom stereocenters. The number of aliphatic imine (C=N–C) groups is 1. The van der Waals surface area contributed by atoms with E-state index in [1.807, 2.05) is 18.2 Å². The molecule has 0 bridgehead atoms. The number of halogens is 2. The predicted molar refractivity (Wildman–Crippen MR) is 97.8 cm³/mol. The molecule has 0 aliphatic carbocycles. The molecule has 2 aromatic rings. The minimum atomic E-state index is -0.642. The van der Waals surface area contributed by atoms with Crippen LogP contribution in [0.5, 0.6) is 0 Å². The van der Waals surface area contributed by atoms with Gasteiger partial charge >= 0.3 is 5.97 Å². The molecule has 5 nitrogen and oxygen atoms in total. The third-order valence-electron chi connectivity index (χ3n) is 3.83. The third kappa shape index (κ3) is 3.38.